The molecule has 0 bridgehead atoms. The van der Waals surface area contributed by atoms with Gasteiger partial charge in [-0.1, -0.05) is 11.6 Å². The summed E-state index contributed by atoms with van der Waals surface area (Å²) in [6, 6.07) is 9.36. The van der Waals surface area contributed by atoms with Crippen molar-refractivity contribution >= 4 is 27.5 Å². The maximum atomic E-state index is 6.20. The number of hydrogen-bond donors (Lipinski definition) is 1. The summed E-state index contributed by atoms with van der Waals surface area (Å²) in [4.78, 5) is 4.37. The zero-order valence-electron chi connectivity index (χ0n) is 10.0. The zero-order chi connectivity index (χ0) is 13.4. The number of ether oxygens (including phenoxy) is 1. The molecular formula is C14H12BrClN2O. The Hall–Kier alpha value is -1.10. The molecular weight excluding hydrogens is 328 g/mol. The summed E-state index contributed by atoms with van der Waals surface area (Å²) in [5, 5.41) is 0.679. The van der Waals surface area contributed by atoms with Crippen LogP contribution in [0.1, 0.15) is 29.8 Å². The fraction of sp³-hybridized carbons (Fsp3) is 0.214. The lowest BCUT2D eigenvalue weighted by Crippen LogP contribution is -2.24. The van der Waals surface area contributed by atoms with Crippen molar-refractivity contribution in [1.82, 2.24) is 4.98 Å². The number of halogens is 2. The SMILES string of the molecule is N[C@@H]1CC(c2ccc(Br)cn2)Oc2ccc(Cl)cc21. The van der Waals surface area contributed by atoms with Gasteiger partial charge in [-0.15, -0.1) is 0 Å². The van der Waals surface area contributed by atoms with Crippen LogP contribution in [0.5, 0.6) is 5.75 Å². The molecule has 19 heavy (non-hydrogen) atoms. The van der Waals surface area contributed by atoms with Gasteiger partial charge in [0, 0.05) is 33.7 Å². The lowest BCUT2D eigenvalue weighted by atomic mass is 9.95. The van der Waals surface area contributed by atoms with Crippen molar-refractivity contribution in [1.29, 1.82) is 0 Å². The minimum atomic E-state index is -0.114. The Morgan fingerprint density at radius 3 is 2.89 bits per heavy atom. The molecule has 0 aliphatic carbocycles. The number of benzene rings is 1. The number of hydrogen-bond acceptors (Lipinski definition) is 3. The first-order valence-electron chi connectivity index (χ1n) is 5.96. The first-order chi connectivity index (χ1) is 9.13. The van der Waals surface area contributed by atoms with E-state index in [1.807, 2.05) is 30.3 Å². The molecule has 0 amide bonds. The molecule has 2 atom stereocenters. The van der Waals surface area contributed by atoms with Crippen LogP contribution in [0, 0.1) is 0 Å². The molecule has 3 nitrogen and oxygen atoms in total. The van der Waals surface area contributed by atoms with Gasteiger partial charge in [0.05, 0.1) is 5.69 Å². The Bertz CT molecular complexity index is 603. The maximum Gasteiger partial charge on any atom is 0.142 e. The standard InChI is InChI=1S/C14H12BrClN2O/c15-8-1-3-12(18-7-8)14-6-11(17)10-5-9(16)2-4-13(10)19-14/h1-5,7,11,14H,6,17H2/t11-,14?/m1/s1. The quantitative estimate of drug-likeness (QED) is 0.853. The normalized spacial score (nSPS) is 21.6. The van der Waals surface area contributed by atoms with Crippen molar-refractivity contribution in [2.75, 3.05) is 0 Å². The number of pyridine rings is 1. The van der Waals surface area contributed by atoms with Gasteiger partial charge in [-0.2, -0.15) is 0 Å². The first kappa shape index (κ1) is 12.9. The highest BCUT2D eigenvalue weighted by Gasteiger charge is 2.27. The minimum Gasteiger partial charge on any atom is -0.484 e. The van der Waals surface area contributed by atoms with E-state index in [1.165, 1.54) is 0 Å². The van der Waals surface area contributed by atoms with Gasteiger partial charge in [-0.3, -0.25) is 4.98 Å². The van der Waals surface area contributed by atoms with Crippen LogP contribution in [0.15, 0.2) is 41.0 Å². The van der Waals surface area contributed by atoms with Crippen LogP contribution in [0.3, 0.4) is 0 Å². The highest BCUT2D eigenvalue weighted by molar-refractivity contribution is 9.10. The molecule has 3 rings (SSSR count). The fourth-order valence-corrected chi connectivity index (χ4v) is 2.65. The molecule has 1 aliphatic rings. The van der Waals surface area contributed by atoms with E-state index in [0.29, 0.717) is 11.4 Å². The third kappa shape index (κ3) is 2.61. The second kappa shape index (κ2) is 5.12. The Balaban J connectivity index is 1.92. The van der Waals surface area contributed by atoms with Crippen LogP contribution in [-0.4, -0.2) is 4.98 Å². The van der Waals surface area contributed by atoms with E-state index in [2.05, 4.69) is 20.9 Å². The second-order valence-electron chi connectivity index (χ2n) is 4.53. The summed E-state index contributed by atoms with van der Waals surface area (Å²) in [5.74, 6) is 0.790. The van der Waals surface area contributed by atoms with Crippen LogP contribution in [0.2, 0.25) is 5.02 Å². The van der Waals surface area contributed by atoms with Crippen LogP contribution in [0.4, 0.5) is 0 Å². The summed E-state index contributed by atoms with van der Waals surface area (Å²) >= 11 is 9.36. The van der Waals surface area contributed by atoms with Gasteiger partial charge in [0.25, 0.3) is 0 Å². The average molecular weight is 340 g/mol. The largest absolute Gasteiger partial charge is 0.484 e. The van der Waals surface area contributed by atoms with Gasteiger partial charge in [-0.05, 0) is 46.3 Å². The molecule has 0 fully saturated rings. The first-order valence-corrected chi connectivity index (χ1v) is 7.14. The Morgan fingerprint density at radius 2 is 2.16 bits per heavy atom. The van der Waals surface area contributed by atoms with Gasteiger partial charge < -0.3 is 10.5 Å². The summed E-state index contributed by atoms with van der Waals surface area (Å²) in [6.45, 7) is 0. The topological polar surface area (TPSA) is 48.1 Å². The highest BCUT2D eigenvalue weighted by Crippen LogP contribution is 2.40. The fourth-order valence-electron chi connectivity index (χ4n) is 2.23. The zero-order valence-corrected chi connectivity index (χ0v) is 12.4. The molecule has 2 aromatic rings. The molecule has 2 heterocycles. The van der Waals surface area contributed by atoms with E-state index in [4.69, 9.17) is 22.1 Å². The van der Waals surface area contributed by atoms with E-state index >= 15 is 0 Å². The smallest absolute Gasteiger partial charge is 0.142 e. The molecule has 0 spiro atoms. The van der Waals surface area contributed by atoms with Gasteiger partial charge in [-0.25, -0.2) is 0 Å². The summed E-state index contributed by atoms with van der Waals surface area (Å²) in [5.41, 5.74) is 8.04. The number of nitrogens with zero attached hydrogens (tertiary/aromatic N) is 1. The minimum absolute atomic E-state index is 0.0853. The summed E-state index contributed by atoms with van der Waals surface area (Å²) in [7, 11) is 0. The number of nitrogens with two attached hydrogens (primary N) is 1. The molecule has 1 aromatic heterocycles. The van der Waals surface area contributed by atoms with Crippen molar-refractivity contribution < 1.29 is 4.74 Å². The van der Waals surface area contributed by atoms with Crippen molar-refractivity contribution in [2.24, 2.45) is 5.73 Å². The van der Waals surface area contributed by atoms with Gasteiger partial charge >= 0.3 is 0 Å². The van der Waals surface area contributed by atoms with E-state index in [-0.39, 0.29) is 12.1 Å². The average Bonchev–Trinajstić information content (AvgIpc) is 2.40. The van der Waals surface area contributed by atoms with Gasteiger partial charge in [0.15, 0.2) is 0 Å². The predicted octanol–water partition coefficient (Wildman–Crippen LogP) is 4.02. The molecule has 1 aliphatic heterocycles. The van der Waals surface area contributed by atoms with Crippen molar-refractivity contribution in [2.45, 2.75) is 18.6 Å². The Kier molecular flexibility index (Phi) is 3.48. The van der Waals surface area contributed by atoms with E-state index in [0.717, 1.165) is 21.5 Å². The third-order valence-electron chi connectivity index (χ3n) is 3.19. The maximum absolute atomic E-state index is 6.20. The monoisotopic (exact) mass is 338 g/mol. The molecule has 0 saturated carbocycles. The van der Waals surface area contributed by atoms with Crippen molar-refractivity contribution in [3.8, 4) is 5.75 Å². The molecule has 5 heteroatoms. The second-order valence-corrected chi connectivity index (χ2v) is 5.88. The number of fused-ring (bicyclic) bond motifs is 1. The van der Waals surface area contributed by atoms with Gasteiger partial charge in [0.2, 0.25) is 0 Å². The Labute approximate surface area is 124 Å². The van der Waals surface area contributed by atoms with Crippen molar-refractivity contribution in [3.05, 3.63) is 57.3 Å². The lowest BCUT2D eigenvalue weighted by molar-refractivity contribution is 0.157. The summed E-state index contributed by atoms with van der Waals surface area (Å²) in [6.07, 6.45) is 2.35. The summed E-state index contributed by atoms with van der Waals surface area (Å²) < 4.78 is 6.91. The predicted molar refractivity (Wildman–Crippen MR) is 78.3 cm³/mol. The molecule has 0 radical (unpaired) electrons. The number of aromatic nitrogens is 1. The van der Waals surface area contributed by atoms with Crippen LogP contribution in [0.25, 0.3) is 0 Å². The Morgan fingerprint density at radius 1 is 1.32 bits per heavy atom. The van der Waals surface area contributed by atoms with E-state index in [1.54, 1.807) is 6.20 Å². The van der Waals surface area contributed by atoms with Gasteiger partial charge in [0.1, 0.15) is 11.9 Å². The van der Waals surface area contributed by atoms with Crippen molar-refractivity contribution in [3.63, 3.8) is 0 Å². The molecule has 0 saturated heterocycles. The van der Waals surface area contributed by atoms with Crippen LogP contribution in [-0.2, 0) is 0 Å². The lowest BCUT2D eigenvalue weighted by Gasteiger charge is -2.30. The molecule has 1 unspecified atom stereocenters. The van der Waals surface area contributed by atoms with Crippen LogP contribution >= 0.6 is 27.5 Å². The number of rotatable bonds is 1. The molecule has 98 valence electrons. The molecule has 1 aromatic carbocycles. The highest BCUT2D eigenvalue weighted by atomic mass is 79.9. The van der Waals surface area contributed by atoms with E-state index < -0.39 is 0 Å². The molecule has 2 N–H and O–H groups in total. The van der Waals surface area contributed by atoms with Crippen LogP contribution < -0.4 is 10.5 Å². The third-order valence-corrected chi connectivity index (χ3v) is 3.89. The van der Waals surface area contributed by atoms with E-state index in [9.17, 15) is 0 Å².